The van der Waals surface area contributed by atoms with Gasteiger partial charge in [-0.1, -0.05) is 36.4 Å². The molecule has 1 atom stereocenters. The lowest BCUT2D eigenvalue weighted by Gasteiger charge is -2.30. The minimum absolute atomic E-state index is 0.144. The van der Waals surface area contributed by atoms with Crippen LogP contribution >= 0.6 is 11.3 Å². The molecule has 0 spiro atoms. The first-order valence-corrected chi connectivity index (χ1v) is 8.87. The lowest BCUT2D eigenvalue weighted by Crippen LogP contribution is -2.45. The third kappa shape index (κ3) is 4.41. The van der Waals surface area contributed by atoms with Crippen LogP contribution in [-0.2, 0) is 16.1 Å². The SMILES string of the molecule is O=C([C@H](CNCc1cccs1)c1ccccc1)N1CCOCC1. The van der Waals surface area contributed by atoms with Crippen molar-refractivity contribution >= 4 is 17.2 Å². The first-order chi connectivity index (χ1) is 11.3. The number of morpholine rings is 1. The number of ether oxygens (including phenoxy) is 1. The fraction of sp³-hybridized carbons (Fsp3) is 0.389. The molecule has 5 heteroatoms. The average molecular weight is 330 g/mol. The highest BCUT2D eigenvalue weighted by Gasteiger charge is 2.26. The van der Waals surface area contributed by atoms with Gasteiger partial charge in [-0.3, -0.25) is 4.79 Å². The van der Waals surface area contributed by atoms with Crippen LogP contribution in [0.3, 0.4) is 0 Å². The number of carbonyl (C=O) groups excluding carboxylic acids is 1. The predicted octanol–water partition coefficient (Wildman–Crippen LogP) is 2.48. The number of nitrogens with one attached hydrogen (secondary N) is 1. The van der Waals surface area contributed by atoms with Crippen LogP contribution < -0.4 is 5.32 Å². The largest absolute Gasteiger partial charge is 0.378 e. The third-order valence-electron chi connectivity index (χ3n) is 4.05. The molecule has 122 valence electrons. The van der Waals surface area contributed by atoms with Gasteiger partial charge < -0.3 is 15.0 Å². The van der Waals surface area contributed by atoms with Crippen molar-refractivity contribution in [3.8, 4) is 0 Å². The lowest BCUT2D eigenvalue weighted by atomic mass is 9.97. The number of nitrogens with zero attached hydrogens (tertiary/aromatic N) is 1. The van der Waals surface area contributed by atoms with E-state index in [0.717, 1.165) is 12.1 Å². The zero-order chi connectivity index (χ0) is 15.9. The number of thiophene rings is 1. The molecule has 0 aliphatic carbocycles. The zero-order valence-corrected chi connectivity index (χ0v) is 13.9. The second-order valence-corrected chi connectivity index (χ2v) is 6.64. The Bertz CT molecular complexity index is 595. The molecule has 1 N–H and O–H groups in total. The molecule has 1 aliphatic rings. The van der Waals surface area contributed by atoms with Crippen LogP contribution in [-0.4, -0.2) is 43.7 Å². The molecule has 0 radical (unpaired) electrons. The van der Waals surface area contributed by atoms with Gasteiger partial charge in [-0.2, -0.15) is 0 Å². The summed E-state index contributed by atoms with van der Waals surface area (Å²) < 4.78 is 5.36. The van der Waals surface area contributed by atoms with Gasteiger partial charge >= 0.3 is 0 Å². The van der Waals surface area contributed by atoms with E-state index in [2.05, 4.69) is 22.8 Å². The van der Waals surface area contributed by atoms with Crippen molar-refractivity contribution in [2.24, 2.45) is 0 Å². The predicted molar refractivity (Wildman–Crippen MR) is 92.6 cm³/mol. The molecule has 1 aromatic carbocycles. The molecular weight excluding hydrogens is 308 g/mol. The molecule has 0 saturated carbocycles. The van der Waals surface area contributed by atoms with Crippen molar-refractivity contribution in [2.45, 2.75) is 12.5 Å². The summed E-state index contributed by atoms with van der Waals surface area (Å²) in [4.78, 5) is 16.1. The van der Waals surface area contributed by atoms with E-state index in [1.165, 1.54) is 4.88 Å². The molecule has 2 aromatic rings. The highest BCUT2D eigenvalue weighted by molar-refractivity contribution is 7.09. The highest BCUT2D eigenvalue weighted by Crippen LogP contribution is 2.19. The Morgan fingerprint density at radius 3 is 2.65 bits per heavy atom. The Balaban J connectivity index is 1.67. The van der Waals surface area contributed by atoms with E-state index in [9.17, 15) is 4.79 Å². The maximum atomic E-state index is 12.9. The molecule has 2 heterocycles. The number of rotatable bonds is 6. The summed E-state index contributed by atoms with van der Waals surface area (Å²) in [6.45, 7) is 4.10. The Hall–Kier alpha value is -1.69. The number of amides is 1. The van der Waals surface area contributed by atoms with E-state index in [1.54, 1.807) is 11.3 Å². The minimum atomic E-state index is -0.144. The minimum Gasteiger partial charge on any atom is -0.378 e. The maximum absolute atomic E-state index is 12.9. The topological polar surface area (TPSA) is 41.6 Å². The van der Waals surface area contributed by atoms with Gasteiger partial charge in [-0.25, -0.2) is 0 Å². The van der Waals surface area contributed by atoms with Crippen LogP contribution in [0.15, 0.2) is 47.8 Å². The van der Waals surface area contributed by atoms with Gasteiger partial charge in [-0.15, -0.1) is 11.3 Å². The van der Waals surface area contributed by atoms with Crippen LogP contribution in [0.1, 0.15) is 16.4 Å². The summed E-state index contributed by atoms with van der Waals surface area (Å²) in [5, 5.41) is 5.51. The molecule has 1 fully saturated rings. The Labute approximate surface area is 141 Å². The number of hydrogen-bond donors (Lipinski definition) is 1. The summed E-state index contributed by atoms with van der Waals surface area (Å²) in [6, 6.07) is 14.2. The van der Waals surface area contributed by atoms with E-state index in [1.807, 2.05) is 35.2 Å². The van der Waals surface area contributed by atoms with Gasteiger partial charge in [0.2, 0.25) is 5.91 Å². The summed E-state index contributed by atoms with van der Waals surface area (Å²) in [7, 11) is 0. The normalized spacial score (nSPS) is 16.3. The standard InChI is InChI=1S/C18H22N2O2S/c21-18(20-8-10-22-11-9-20)17(15-5-2-1-3-6-15)14-19-13-16-7-4-12-23-16/h1-7,12,17,19H,8-11,13-14H2/t17-/m1/s1. The van der Waals surface area contributed by atoms with E-state index >= 15 is 0 Å². The van der Waals surface area contributed by atoms with Crippen molar-refractivity contribution in [2.75, 3.05) is 32.8 Å². The van der Waals surface area contributed by atoms with Crippen molar-refractivity contribution in [1.29, 1.82) is 0 Å². The fourth-order valence-corrected chi connectivity index (χ4v) is 3.46. The molecular formula is C18H22N2O2S. The van der Waals surface area contributed by atoms with Crippen molar-refractivity contribution < 1.29 is 9.53 Å². The van der Waals surface area contributed by atoms with Crippen molar-refractivity contribution in [1.82, 2.24) is 10.2 Å². The van der Waals surface area contributed by atoms with E-state index in [4.69, 9.17) is 4.74 Å². The number of benzene rings is 1. The maximum Gasteiger partial charge on any atom is 0.231 e. The number of hydrogen-bond acceptors (Lipinski definition) is 4. The van der Waals surface area contributed by atoms with E-state index < -0.39 is 0 Å². The van der Waals surface area contributed by atoms with Crippen molar-refractivity contribution in [3.63, 3.8) is 0 Å². The summed E-state index contributed by atoms with van der Waals surface area (Å²) in [6.07, 6.45) is 0. The first kappa shape index (κ1) is 16.2. The molecule has 4 nitrogen and oxygen atoms in total. The van der Waals surface area contributed by atoms with Gasteiger partial charge in [0.1, 0.15) is 0 Å². The zero-order valence-electron chi connectivity index (χ0n) is 13.1. The second-order valence-electron chi connectivity index (χ2n) is 5.61. The smallest absolute Gasteiger partial charge is 0.231 e. The van der Waals surface area contributed by atoms with Gasteiger partial charge in [0.05, 0.1) is 19.1 Å². The van der Waals surface area contributed by atoms with E-state index in [0.29, 0.717) is 32.8 Å². The molecule has 1 amide bonds. The van der Waals surface area contributed by atoms with Gasteiger partial charge in [-0.05, 0) is 17.0 Å². The molecule has 3 rings (SSSR count). The van der Waals surface area contributed by atoms with Gasteiger partial charge in [0, 0.05) is 31.1 Å². The lowest BCUT2D eigenvalue weighted by molar-refractivity contribution is -0.136. The van der Waals surface area contributed by atoms with Crippen LogP contribution in [0.2, 0.25) is 0 Å². The monoisotopic (exact) mass is 330 g/mol. The molecule has 23 heavy (non-hydrogen) atoms. The van der Waals surface area contributed by atoms with Gasteiger partial charge in [0.25, 0.3) is 0 Å². The fourth-order valence-electron chi connectivity index (χ4n) is 2.79. The van der Waals surface area contributed by atoms with Crippen LogP contribution in [0.25, 0.3) is 0 Å². The molecule has 0 unspecified atom stereocenters. The molecule has 0 bridgehead atoms. The first-order valence-electron chi connectivity index (χ1n) is 7.99. The van der Waals surface area contributed by atoms with Crippen molar-refractivity contribution in [3.05, 3.63) is 58.3 Å². The van der Waals surface area contributed by atoms with Crippen LogP contribution in [0.5, 0.6) is 0 Å². The summed E-state index contributed by atoms with van der Waals surface area (Å²) in [5.41, 5.74) is 1.07. The Kier molecular flexibility index (Phi) is 5.80. The van der Waals surface area contributed by atoms with Crippen LogP contribution in [0.4, 0.5) is 0 Å². The molecule has 1 saturated heterocycles. The Morgan fingerprint density at radius 2 is 1.96 bits per heavy atom. The quantitative estimate of drug-likeness (QED) is 0.885. The molecule has 1 aliphatic heterocycles. The average Bonchev–Trinajstić information content (AvgIpc) is 3.13. The van der Waals surface area contributed by atoms with Gasteiger partial charge in [0.15, 0.2) is 0 Å². The van der Waals surface area contributed by atoms with E-state index in [-0.39, 0.29) is 11.8 Å². The number of carbonyl (C=O) groups is 1. The second kappa shape index (κ2) is 8.24. The Morgan fingerprint density at radius 1 is 1.17 bits per heavy atom. The summed E-state index contributed by atoms with van der Waals surface area (Å²) in [5.74, 6) is 0.0486. The highest BCUT2D eigenvalue weighted by atomic mass is 32.1. The van der Waals surface area contributed by atoms with Crippen LogP contribution in [0, 0.1) is 0 Å². The summed E-state index contributed by atoms with van der Waals surface area (Å²) >= 11 is 1.73. The third-order valence-corrected chi connectivity index (χ3v) is 4.93. The molecule has 1 aromatic heterocycles.